The van der Waals surface area contributed by atoms with Crippen molar-refractivity contribution in [2.24, 2.45) is 5.92 Å². The number of alkyl carbamates (subject to hydrolysis) is 1. The minimum absolute atomic E-state index is 0.0838. The van der Waals surface area contributed by atoms with Gasteiger partial charge in [0.25, 0.3) is 5.91 Å². The fourth-order valence-electron chi connectivity index (χ4n) is 4.75. The van der Waals surface area contributed by atoms with E-state index in [0.717, 1.165) is 10.5 Å². The van der Waals surface area contributed by atoms with Gasteiger partial charge in [-0.15, -0.1) is 11.8 Å². The van der Waals surface area contributed by atoms with Gasteiger partial charge in [-0.3, -0.25) is 9.59 Å². The van der Waals surface area contributed by atoms with Gasteiger partial charge in [-0.1, -0.05) is 29.8 Å². The SMILES string of the molecule is CC(C)(C)OC(=O)N[C@H]1CSc2ccc(C(=O)CC3CCC(F)(F)CC3)cc2N(Cc2ccc(Cl)cc2)C1=O. The summed E-state index contributed by atoms with van der Waals surface area (Å²) in [6.07, 6.45) is -0.247. The van der Waals surface area contributed by atoms with Gasteiger partial charge in [-0.2, -0.15) is 0 Å². The average Bonchev–Trinajstić information content (AvgIpc) is 2.97. The van der Waals surface area contributed by atoms with Crippen LogP contribution in [0.4, 0.5) is 19.3 Å². The number of fused-ring (bicyclic) bond motifs is 1. The number of carbonyl (C=O) groups is 3. The molecular formula is C29H33ClF2N2O4S. The zero-order valence-corrected chi connectivity index (χ0v) is 23.8. The molecule has 1 fully saturated rings. The van der Waals surface area contributed by atoms with Crippen molar-refractivity contribution in [2.45, 2.75) is 81.9 Å². The van der Waals surface area contributed by atoms with E-state index in [1.807, 2.05) is 12.1 Å². The molecule has 0 unspecified atom stereocenters. The Kier molecular flexibility index (Phi) is 8.91. The highest BCUT2D eigenvalue weighted by molar-refractivity contribution is 7.99. The van der Waals surface area contributed by atoms with E-state index in [4.69, 9.17) is 16.3 Å². The minimum atomic E-state index is -2.65. The monoisotopic (exact) mass is 578 g/mol. The van der Waals surface area contributed by atoms with Crippen molar-refractivity contribution in [3.8, 4) is 0 Å². The number of carbonyl (C=O) groups excluding carboxylic acids is 3. The summed E-state index contributed by atoms with van der Waals surface area (Å²) >= 11 is 7.46. The first-order valence-corrected chi connectivity index (χ1v) is 14.4. The first-order chi connectivity index (χ1) is 18.3. The number of hydrogen-bond donors (Lipinski definition) is 1. The number of Topliss-reactive ketones (excluding diaryl/α,β-unsaturated/α-hetero) is 1. The number of hydrogen-bond acceptors (Lipinski definition) is 5. The molecule has 6 nitrogen and oxygen atoms in total. The Balaban J connectivity index is 1.59. The van der Waals surface area contributed by atoms with Crippen LogP contribution in [-0.2, 0) is 16.1 Å². The summed E-state index contributed by atoms with van der Waals surface area (Å²) < 4.78 is 32.5. The van der Waals surface area contributed by atoms with E-state index >= 15 is 0 Å². The molecular weight excluding hydrogens is 546 g/mol. The number of ketones is 1. The number of rotatable bonds is 6. The molecule has 2 aliphatic rings. The third kappa shape index (κ3) is 7.94. The predicted molar refractivity (Wildman–Crippen MR) is 149 cm³/mol. The number of nitrogens with one attached hydrogen (secondary N) is 1. The van der Waals surface area contributed by atoms with Gasteiger partial charge >= 0.3 is 6.09 Å². The fourth-order valence-corrected chi connectivity index (χ4v) is 5.93. The van der Waals surface area contributed by atoms with Gasteiger partial charge in [0.05, 0.1) is 12.2 Å². The zero-order chi connectivity index (χ0) is 28.4. The zero-order valence-electron chi connectivity index (χ0n) is 22.3. The highest BCUT2D eigenvalue weighted by Crippen LogP contribution is 2.39. The molecule has 1 aliphatic heterocycles. The second-order valence-electron chi connectivity index (χ2n) is 11.2. The number of benzene rings is 2. The van der Waals surface area contributed by atoms with E-state index in [1.54, 1.807) is 56.0 Å². The molecule has 1 heterocycles. The van der Waals surface area contributed by atoms with Gasteiger partial charge in [-0.25, -0.2) is 13.6 Å². The van der Waals surface area contributed by atoms with Crippen LogP contribution in [-0.4, -0.2) is 41.1 Å². The lowest BCUT2D eigenvalue weighted by Crippen LogP contribution is -2.50. The number of alkyl halides is 2. The summed E-state index contributed by atoms with van der Waals surface area (Å²) in [4.78, 5) is 41.9. The van der Waals surface area contributed by atoms with Crippen LogP contribution in [0.3, 0.4) is 0 Å². The number of anilines is 1. The molecule has 210 valence electrons. The van der Waals surface area contributed by atoms with E-state index in [0.29, 0.717) is 29.1 Å². The van der Waals surface area contributed by atoms with E-state index in [2.05, 4.69) is 5.32 Å². The Morgan fingerprint density at radius 2 is 1.79 bits per heavy atom. The van der Waals surface area contributed by atoms with E-state index in [-0.39, 0.29) is 49.2 Å². The number of amides is 2. The molecule has 4 rings (SSSR count). The molecule has 0 saturated heterocycles. The highest BCUT2D eigenvalue weighted by Gasteiger charge is 2.36. The summed E-state index contributed by atoms with van der Waals surface area (Å²) in [6, 6.07) is 11.5. The molecule has 1 atom stereocenters. The van der Waals surface area contributed by atoms with Gasteiger partial charge in [0, 0.05) is 40.5 Å². The minimum Gasteiger partial charge on any atom is -0.444 e. The summed E-state index contributed by atoms with van der Waals surface area (Å²) in [7, 11) is 0. The maximum absolute atomic E-state index is 13.8. The lowest BCUT2D eigenvalue weighted by molar-refractivity contribution is -0.120. The summed E-state index contributed by atoms with van der Waals surface area (Å²) in [5, 5.41) is 3.27. The number of nitrogens with zero attached hydrogens (tertiary/aromatic N) is 1. The number of ether oxygens (including phenoxy) is 1. The van der Waals surface area contributed by atoms with Gasteiger partial charge in [0.1, 0.15) is 11.6 Å². The summed E-state index contributed by atoms with van der Waals surface area (Å²) in [6.45, 7) is 5.44. The van der Waals surface area contributed by atoms with Crippen LogP contribution in [0.1, 0.15) is 68.8 Å². The first kappa shape index (κ1) is 29.3. The van der Waals surface area contributed by atoms with Crippen molar-refractivity contribution in [3.05, 3.63) is 58.6 Å². The lowest BCUT2D eigenvalue weighted by Gasteiger charge is -2.28. The molecule has 39 heavy (non-hydrogen) atoms. The lowest BCUT2D eigenvalue weighted by atomic mass is 9.83. The molecule has 0 radical (unpaired) electrons. The molecule has 0 spiro atoms. The van der Waals surface area contributed by atoms with E-state index < -0.39 is 23.7 Å². The Hall–Kier alpha value is -2.65. The van der Waals surface area contributed by atoms with Crippen LogP contribution in [0.5, 0.6) is 0 Å². The maximum Gasteiger partial charge on any atom is 0.408 e. The van der Waals surface area contributed by atoms with Crippen molar-refractivity contribution >= 4 is 46.8 Å². The quantitative estimate of drug-likeness (QED) is 0.365. The predicted octanol–water partition coefficient (Wildman–Crippen LogP) is 7.27. The van der Waals surface area contributed by atoms with Gasteiger partial charge in [-0.05, 0) is 69.4 Å². The Bertz CT molecular complexity index is 1220. The molecule has 0 bridgehead atoms. The Morgan fingerprint density at radius 1 is 1.13 bits per heavy atom. The van der Waals surface area contributed by atoms with Crippen molar-refractivity contribution in [2.75, 3.05) is 10.7 Å². The summed E-state index contributed by atoms with van der Waals surface area (Å²) in [5.41, 5.74) is 1.09. The second kappa shape index (κ2) is 11.8. The third-order valence-electron chi connectivity index (χ3n) is 6.80. The van der Waals surface area contributed by atoms with Crippen molar-refractivity contribution < 1.29 is 27.9 Å². The van der Waals surface area contributed by atoms with E-state index in [1.165, 1.54) is 11.8 Å². The largest absolute Gasteiger partial charge is 0.444 e. The van der Waals surface area contributed by atoms with Gasteiger partial charge in [0.15, 0.2) is 5.78 Å². The second-order valence-corrected chi connectivity index (χ2v) is 12.7. The standard InChI is InChI=1S/C29H33ClF2N2O4S/c1-28(2,3)38-27(37)33-22-17-39-25-9-6-20(24(35)14-18-10-12-29(31,32)13-11-18)15-23(25)34(26(22)36)16-19-4-7-21(30)8-5-19/h4-9,15,18,22H,10-14,16-17H2,1-3H3,(H,33,37)/t22-/m0/s1. The van der Waals surface area contributed by atoms with Crippen molar-refractivity contribution in [1.29, 1.82) is 0 Å². The van der Waals surface area contributed by atoms with Crippen LogP contribution in [0, 0.1) is 5.92 Å². The number of halogens is 3. The molecule has 2 amide bonds. The highest BCUT2D eigenvalue weighted by atomic mass is 35.5. The fraction of sp³-hybridized carbons (Fsp3) is 0.483. The van der Waals surface area contributed by atoms with Crippen LogP contribution in [0.2, 0.25) is 5.02 Å². The van der Waals surface area contributed by atoms with E-state index in [9.17, 15) is 23.2 Å². The Labute approximate surface area is 236 Å². The molecule has 1 N–H and O–H groups in total. The molecule has 2 aromatic carbocycles. The van der Waals surface area contributed by atoms with Crippen molar-refractivity contribution in [3.63, 3.8) is 0 Å². The van der Waals surface area contributed by atoms with Crippen LogP contribution in [0.15, 0.2) is 47.4 Å². The first-order valence-electron chi connectivity index (χ1n) is 13.0. The maximum atomic E-state index is 13.8. The molecule has 1 aliphatic carbocycles. The van der Waals surface area contributed by atoms with Gasteiger partial charge < -0.3 is 15.0 Å². The molecule has 2 aromatic rings. The molecule has 0 aromatic heterocycles. The van der Waals surface area contributed by atoms with Gasteiger partial charge in [0.2, 0.25) is 5.92 Å². The smallest absolute Gasteiger partial charge is 0.408 e. The molecule has 10 heteroatoms. The third-order valence-corrected chi connectivity index (χ3v) is 8.21. The number of thioether (sulfide) groups is 1. The normalized spacial score (nSPS) is 19.7. The molecule has 1 saturated carbocycles. The van der Waals surface area contributed by atoms with Crippen LogP contribution < -0.4 is 10.2 Å². The van der Waals surface area contributed by atoms with Crippen molar-refractivity contribution in [1.82, 2.24) is 5.32 Å². The Morgan fingerprint density at radius 3 is 2.44 bits per heavy atom. The summed E-state index contributed by atoms with van der Waals surface area (Å²) in [5.74, 6) is -2.91. The average molecular weight is 579 g/mol. The topological polar surface area (TPSA) is 75.7 Å². The van der Waals surface area contributed by atoms with Crippen LogP contribution >= 0.6 is 23.4 Å². The van der Waals surface area contributed by atoms with Crippen LogP contribution in [0.25, 0.3) is 0 Å².